The van der Waals surface area contributed by atoms with Crippen LogP contribution < -0.4 is 15.4 Å². The van der Waals surface area contributed by atoms with Gasteiger partial charge >= 0.3 is 12.2 Å². The summed E-state index contributed by atoms with van der Waals surface area (Å²) in [6, 6.07) is 2.04. The monoisotopic (exact) mass is 366 g/mol. The first-order chi connectivity index (χ1) is 10.9. The molecule has 0 bridgehead atoms. The van der Waals surface area contributed by atoms with Gasteiger partial charge in [-0.05, 0) is 25.5 Å². The Kier molecular flexibility index (Phi) is 4.71. The maximum atomic E-state index is 12.8. The summed E-state index contributed by atoms with van der Waals surface area (Å²) in [6.45, 7) is 1.57. The van der Waals surface area contributed by atoms with Crippen LogP contribution in [0.2, 0.25) is 0 Å². The predicted molar refractivity (Wildman–Crippen MR) is 81.8 cm³/mol. The van der Waals surface area contributed by atoms with Crippen molar-refractivity contribution < 1.29 is 31.1 Å². The summed E-state index contributed by atoms with van der Waals surface area (Å²) in [5, 5.41) is 4.79. The lowest BCUT2D eigenvalue weighted by Crippen LogP contribution is -2.48. The van der Waals surface area contributed by atoms with Crippen LogP contribution >= 0.6 is 0 Å². The number of urea groups is 1. The molecule has 2 amide bonds. The number of alkyl halides is 3. The number of rotatable bonds is 3. The van der Waals surface area contributed by atoms with E-state index in [2.05, 4.69) is 10.6 Å². The van der Waals surface area contributed by atoms with Crippen molar-refractivity contribution in [3.05, 3.63) is 23.8 Å². The number of anilines is 1. The molecule has 1 heterocycles. The van der Waals surface area contributed by atoms with E-state index < -0.39 is 33.1 Å². The fourth-order valence-corrected chi connectivity index (χ4v) is 4.59. The second-order valence-corrected chi connectivity index (χ2v) is 8.11. The SMILES string of the molecule is COc1cc(NC(=O)N[C@@]2(C)CCS(=O)(=O)C2)cc(C(F)(F)F)c1. The number of nitrogens with one attached hydrogen (secondary N) is 2. The number of carbonyl (C=O) groups excluding carboxylic acids is 1. The first-order valence-corrected chi connectivity index (χ1v) is 8.80. The first-order valence-electron chi connectivity index (χ1n) is 6.98. The second-order valence-electron chi connectivity index (χ2n) is 5.93. The van der Waals surface area contributed by atoms with Crippen molar-refractivity contribution in [3.8, 4) is 5.75 Å². The number of hydrogen-bond acceptors (Lipinski definition) is 4. The van der Waals surface area contributed by atoms with Crippen LogP contribution in [0.25, 0.3) is 0 Å². The van der Waals surface area contributed by atoms with Crippen molar-refractivity contribution in [3.63, 3.8) is 0 Å². The normalized spacial score (nSPS) is 22.9. The van der Waals surface area contributed by atoms with Gasteiger partial charge in [0.25, 0.3) is 0 Å². The van der Waals surface area contributed by atoms with E-state index >= 15 is 0 Å². The number of hydrogen-bond donors (Lipinski definition) is 2. The maximum Gasteiger partial charge on any atom is 0.416 e. The van der Waals surface area contributed by atoms with Crippen molar-refractivity contribution in [1.29, 1.82) is 0 Å². The molecule has 0 aliphatic carbocycles. The molecule has 10 heteroatoms. The van der Waals surface area contributed by atoms with Gasteiger partial charge in [-0.15, -0.1) is 0 Å². The highest BCUT2D eigenvalue weighted by Gasteiger charge is 2.39. The lowest BCUT2D eigenvalue weighted by Gasteiger charge is -2.24. The molecule has 1 saturated heterocycles. The molecule has 1 aromatic rings. The first kappa shape index (κ1) is 18.4. The van der Waals surface area contributed by atoms with E-state index in [1.165, 1.54) is 13.2 Å². The van der Waals surface area contributed by atoms with Crippen LogP contribution in [-0.4, -0.2) is 38.6 Å². The largest absolute Gasteiger partial charge is 0.497 e. The van der Waals surface area contributed by atoms with Crippen LogP contribution in [0.3, 0.4) is 0 Å². The van der Waals surface area contributed by atoms with Crippen molar-refractivity contribution in [2.45, 2.75) is 25.1 Å². The fraction of sp³-hybridized carbons (Fsp3) is 0.500. The van der Waals surface area contributed by atoms with E-state index in [-0.39, 0.29) is 29.4 Å². The Morgan fingerprint density at radius 2 is 1.96 bits per heavy atom. The molecule has 1 aliphatic heterocycles. The zero-order valence-electron chi connectivity index (χ0n) is 13.0. The molecule has 0 saturated carbocycles. The summed E-state index contributed by atoms with van der Waals surface area (Å²) in [5.41, 5.74) is -2.02. The predicted octanol–water partition coefficient (Wildman–Crippen LogP) is 2.41. The fourth-order valence-electron chi connectivity index (χ4n) is 2.50. The minimum Gasteiger partial charge on any atom is -0.497 e. The zero-order chi connectivity index (χ0) is 18.2. The Morgan fingerprint density at radius 3 is 2.46 bits per heavy atom. The number of halogens is 3. The van der Waals surface area contributed by atoms with Gasteiger partial charge in [0.05, 0.1) is 29.7 Å². The van der Waals surface area contributed by atoms with Crippen LogP contribution in [0, 0.1) is 0 Å². The zero-order valence-corrected chi connectivity index (χ0v) is 13.8. The van der Waals surface area contributed by atoms with Gasteiger partial charge in [-0.2, -0.15) is 13.2 Å². The van der Waals surface area contributed by atoms with Crippen LogP contribution in [0.5, 0.6) is 5.75 Å². The summed E-state index contributed by atoms with van der Waals surface area (Å²) in [5.74, 6) is -0.310. The summed E-state index contributed by atoms with van der Waals surface area (Å²) < 4.78 is 66.4. The Morgan fingerprint density at radius 1 is 1.29 bits per heavy atom. The number of ether oxygens (including phenoxy) is 1. The molecular weight excluding hydrogens is 349 g/mol. The summed E-state index contributed by atoms with van der Waals surface area (Å²) in [7, 11) is -2.01. The average molecular weight is 366 g/mol. The van der Waals surface area contributed by atoms with Gasteiger partial charge in [0.2, 0.25) is 0 Å². The summed E-state index contributed by atoms with van der Waals surface area (Å²) in [6.07, 6.45) is -4.35. The number of benzene rings is 1. The van der Waals surface area contributed by atoms with Gasteiger partial charge < -0.3 is 15.4 Å². The topological polar surface area (TPSA) is 84.5 Å². The molecule has 1 fully saturated rings. The van der Waals surface area contributed by atoms with E-state index in [0.29, 0.717) is 0 Å². The highest BCUT2D eigenvalue weighted by molar-refractivity contribution is 7.91. The Hall–Kier alpha value is -1.97. The maximum absolute atomic E-state index is 12.8. The number of carbonyl (C=O) groups is 1. The molecule has 1 aliphatic rings. The smallest absolute Gasteiger partial charge is 0.416 e. The van der Waals surface area contributed by atoms with Gasteiger partial charge in [0.1, 0.15) is 5.75 Å². The molecule has 0 radical (unpaired) electrons. The van der Waals surface area contributed by atoms with E-state index in [4.69, 9.17) is 4.74 Å². The third kappa shape index (κ3) is 4.53. The third-order valence-electron chi connectivity index (χ3n) is 3.65. The van der Waals surface area contributed by atoms with E-state index in [1.54, 1.807) is 6.92 Å². The average Bonchev–Trinajstić information content (AvgIpc) is 2.70. The molecule has 2 rings (SSSR count). The standard InChI is InChI=1S/C14H17F3N2O4S/c1-13(3-4-24(21,22)8-13)19-12(20)18-10-5-9(14(15,16)17)6-11(7-10)23-2/h5-7H,3-4,8H2,1-2H3,(H2,18,19,20)/t13-/m0/s1. The van der Waals surface area contributed by atoms with Gasteiger partial charge in [-0.25, -0.2) is 13.2 Å². The van der Waals surface area contributed by atoms with Gasteiger partial charge in [0.15, 0.2) is 9.84 Å². The summed E-state index contributed by atoms with van der Waals surface area (Å²) in [4.78, 5) is 12.0. The molecule has 1 aromatic carbocycles. The number of amides is 2. The quantitative estimate of drug-likeness (QED) is 0.860. The highest BCUT2D eigenvalue weighted by Crippen LogP contribution is 2.34. The lowest BCUT2D eigenvalue weighted by atomic mass is 10.0. The number of methoxy groups -OCH3 is 1. The lowest BCUT2D eigenvalue weighted by molar-refractivity contribution is -0.137. The molecular formula is C14H17F3N2O4S. The molecule has 1 atom stereocenters. The van der Waals surface area contributed by atoms with Crippen molar-refractivity contribution in [2.24, 2.45) is 0 Å². The molecule has 6 nitrogen and oxygen atoms in total. The molecule has 134 valence electrons. The molecule has 0 spiro atoms. The Labute approximate surface area is 137 Å². The minimum absolute atomic E-state index is 0.0405. The molecule has 0 aromatic heterocycles. The molecule has 2 N–H and O–H groups in total. The third-order valence-corrected chi connectivity index (χ3v) is 5.55. The Bertz CT molecular complexity index is 749. The van der Waals surface area contributed by atoms with Crippen LogP contribution in [-0.2, 0) is 16.0 Å². The number of sulfone groups is 1. The minimum atomic E-state index is -4.59. The van der Waals surface area contributed by atoms with Crippen molar-refractivity contribution in [2.75, 3.05) is 23.9 Å². The van der Waals surface area contributed by atoms with Gasteiger partial charge in [-0.1, -0.05) is 0 Å². The van der Waals surface area contributed by atoms with Crippen molar-refractivity contribution >= 4 is 21.6 Å². The van der Waals surface area contributed by atoms with Gasteiger partial charge in [-0.3, -0.25) is 0 Å². The van der Waals surface area contributed by atoms with Crippen LogP contribution in [0.1, 0.15) is 18.9 Å². The van der Waals surface area contributed by atoms with Crippen LogP contribution in [0.15, 0.2) is 18.2 Å². The van der Waals surface area contributed by atoms with E-state index in [0.717, 1.165) is 12.1 Å². The Balaban J connectivity index is 2.14. The van der Waals surface area contributed by atoms with E-state index in [9.17, 15) is 26.4 Å². The molecule has 24 heavy (non-hydrogen) atoms. The van der Waals surface area contributed by atoms with Crippen molar-refractivity contribution in [1.82, 2.24) is 5.32 Å². The van der Waals surface area contributed by atoms with Crippen LogP contribution in [0.4, 0.5) is 23.7 Å². The van der Waals surface area contributed by atoms with Gasteiger partial charge in [0, 0.05) is 11.8 Å². The highest BCUT2D eigenvalue weighted by atomic mass is 32.2. The van der Waals surface area contributed by atoms with E-state index in [1.807, 2.05) is 0 Å². The summed E-state index contributed by atoms with van der Waals surface area (Å²) >= 11 is 0. The second kappa shape index (κ2) is 6.15. The molecule has 0 unspecified atom stereocenters.